The normalized spacial score (nSPS) is 21.4. The van der Waals surface area contributed by atoms with Crippen LogP contribution in [-0.4, -0.2) is 87.5 Å². The van der Waals surface area contributed by atoms with Gasteiger partial charge in [0.15, 0.2) is 0 Å². The van der Waals surface area contributed by atoms with E-state index in [9.17, 15) is 4.79 Å². The van der Waals surface area contributed by atoms with E-state index < -0.39 is 0 Å². The number of amides is 1. The quantitative estimate of drug-likeness (QED) is 0.686. The molecule has 2 aromatic rings. The number of carbonyl (C=O) groups excluding carboxylic acids is 1. The predicted octanol–water partition coefficient (Wildman–Crippen LogP) is 3.49. The van der Waals surface area contributed by atoms with E-state index in [0.717, 1.165) is 82.8 Å². The van der Waals surface area contributed by atoms with Gasteiger partial charge in [-0.2, -0.15) is 0 Å². The lowest BCUT2D eigenvalue weighted by molar-refractivity contribution is 0.0133. The molecule has 2 fully saturated rings. The molecule has 200 valence electrons. The Morgan fingerprint density at radius 1 is 0.865 bits per heavy atom. The second-order valence-electron chi connectivity index (χ2n) is 10.6. The van der Waals surface area contributed by atoms with Crippen LogP contribution in [0.3, 0.4) is 0 Å². The summed E-state index contributed by atoms with van der Waals surface area (Å²) < 4.78 is 17.7. The van der Waals surface area contributed by atoms with Crippen LogP contribution in [0.25, 0.3) is 0 Å². The van der Waals surface area contributed by atoms with Crippen molar-refractivity contribution in [3.63, 3.8) is 0 Å². The molecule has 1 amide bonds. The molecule has 3 aliphatic heterocycles. The number of fused-ring (bicyclic) bond motifs is 3. The summed E-state index contributed by atoms with van der Waals surface area (Å²) in [5.41, 5.74) is 4.27. The largest absolute Gasteiger partial charge is 0.491 e. The number of hydrogen-bond donors (Lipinski definition) is 1. The number of benzene rings is 2. The van der Waals surface area contributed by atoms with Gasteiger partial charge in [0.2, 0.25) is 0 Å². The number of hydrogen-bond acceptors (Lipinski definition) is 6. The summed E-state index contributed by atoms with van der Waals surface area (Å²) in [6.07, 6.45) is 4.84. The number of nitrogens with zero attached hydrogens (tertiary/aromatic N) is 2. The van der Waals surface area contributed by atoms with Gasteiger partial charge in [-0.3, -0.25) is 9.69 Å². The highest BCUT2D eigenvalue weighted by Gasteiger charge is 2.23. The first-order chi connectivity index (χ1) is 18.1. The van der Waals surface area contributed by atoms with Crippen molar-refractivity contribution in [1.29, 1.82) is 0 Å². The first-order valence-corrected chi connectivity index (χ1v) is 13.9. The summed E-state index contributed by atoms with van der Waals surface area (Å²) in [6.45, 7) is 7.24. The van der Waals surface area contributed by atoms with Gasteiger partial charge in [0.25, 0.3) is 5.91 Å². The minimum Gasteiger partial charge on any atom is -0.491 e. The monoisotopic (exact) mass is 507 g/mol. The lowest BCUT2D eigenvalue weighted by atomic mass is 9.98. The molecule has 2 saturated heterocycles. The number of piperidine rings is 1. The molecule has 0 unspecified atom stereocenters. The van der Waals surface area contributed by atoms with Crippen LogP contribution in [0.2, 0.25) is 0 Å². The van der Waals surface area contributed by atoms with Crippen molar-refractivity contribution in [2.75, 3.05) is 59.7 Å². The second-order valence-corrected chi connectivity index (χ2v) is 10.6. The Hall–Kier alpha value is -2.45. The predicted molar refractivity (Wildman–Crippen MR) is 144 cm³/mol. The Morgan fingerprint density at radius 3 is 2.49 bits per heavy atom. The third-order valence-corrected chi connectivity index (χ3v) is 7.86. The van der Waals surface area contributed by atoms with Crippen LogP contribution < -0.4 is 10.1 Å². The zero-order valence-electron chi connectivity index (χ0n) is 22.1. The molecule has 0 saturated carbocycles. The topological polar surface area (TPSA) is 63.3 Å². The average molecular weight is 508 g/mol. The fourth-order valence-corrected chi connectivity index (χ4v) is 5.65. The van der Waals surface area contributed by atoms with Crippen LogP contribution in [0, 0.1) is 0 Å². The summed E-state index contributed by atoms with van der Waals surface area (Å²) in [5, 5.41) is 3.25. The Bertz CT molecular complexity index is 1030. The first kappa shape index (κ1) is 26.2. The maximum absolute atomic E-state index is 13.1. The van der Waals surface area contributed by atoms with Crippen molar-refractivity contribution in [3.8, 4) is 5.75 Å². The van der Waals surface area contributed by atoms with Gasteiger partial charge in [-0.1, -0.05) is 24.3 Å². The fraction of sp³-hybridized carbons (Fsp3) is 0.567. The molecule has 7 nitrogen and oxygen atoms in total. The fourth-order valence-electron chi connectivity index (χ4n) is 5.65. The van der Waals surface area contributed by atoms with Crippen LogP contribution in [0.4, 0.5) is 0 Å². The zero-order valence-corrected chi connectivity index (χ0v) is 22.1. The van der Waals surface area contributed by atoms with Crippen molar-refractivity contribution in [2.24, 2.45) is 0 Å². The number of likely N-dealkylation sites (tertiary alicyclic amines) is 1. The van der Waals surface area contributed by atoms with Gasteiger partial charge in [-0.15, -0.1) is 0 Å². The minimum atomic E-state index is 0.000874. The van der Waals surface area contributed by atoms with E-state index in [-0.39, 0.29) is 11.9 Å². The second kappa shape index (κ2) is 12.9. The van der Waals surface area contributed by atoms with Crippen LogP contribution in [0.5, 0.6) is 5.75 Å². The molecule has 0 atom stereocenters. The van der Waals surface area contributed by atoms with E-state index in [2.05, 4.69) is 46.4 Å². The number of ether oxygens (including phenoxy) is 3. The lowest BCUT2D eigenvalue weighted by Crippen LogP contribution is -2.43. The van der Waals surface area contributed by atoms with Crippen molar-refractivity contribution in [3.05, 3.63) is 64.7 Å². The minimum absolute atomic E-state index is 0.000874. The van der Waals surface area contributed by atoms with E-state index in [1.807, 2.05) is 18.2 Å². The smallest absolute Gasteiger partial charge is 0.251 e. The third-order valence-electron chi connectivity index (χ3n) is 7.86. The summed E-state index contributed by atoms with van der Waals surface area (Å²) >= 11 is 0. The third kappa shape index (κ3) is 7.32. The van der Waals surface area contributed by atoms with E-state index in [1.54, 1.807) is 0 Å². The molecule has 0 spiro atoms. The highest BCUT2D eigenvalue weighted by Crippen LogP contribution is 2.25. The van der Waals surface area contributed by atoms with Crippen molar-refractivity contribution >= 4 is 5.91 Å². The highest BCUT2D eigenvalue weighted by atomic mass is 16.5. The van der Waals surface area contributed by atoms with Crippen molar-refractivity contribution in [1.82, 2.24) is 15.1 Å². The molecule has 3 heterocycles. The van der Waals surface area contributed by atoms with E-state index in [0.29, 0.717) is 31.4 Å². The molecule has 5 rings (SSSR count). The molecule has 3 aliphatic rings. The summed E-state index contributed by atoms with van der Waals surface area (Å²) in [5.74, 6) is 0.826. The number of carbonyl (C=O) groups is 1. The first-order valence-electron chi connectivity index (χ1n) is 13.9. The van der Waals surface area contributed by atoms with E-state index in [4.69, 9.17) is 14.2 Å². The van der Waals surface area contributed by atoms with E-state index >= 15 is 0 Å². The summed E-state index contributed by atoms with van der Waals surface area (Å²) in [6, 6.07) is 15.4. The molecule has 0 aliphatic carbocycles. The molecule has 7 heteroatoms. The summed E-state index contributed by atoms with van der Waals surface area (Å²) in [4.78, 5) is 18.0. The lowest BCUT2D eigenvalue weighted by Gasteiger charge is -2.34. The molecule has 0 radical (unpaired) electrons. The molecule has 1 N–H and O–H groups in total. The number of nitrogens with one attached hydrogen (secondary N) is 1. The molecular weight excluding hydrogens is 466 g/mol. The van der Waals surface area contributed by atoms with Gasteiger partial charge in [-0.05, 0) is 80.7 Å². The molecular formula is C30H41N3O4. The van der Waals surface area contributed by atoms with Crippen LogP contribution in [0.15, 0.2) is 42.5 Å². The Kier molecular flexibility index (Phi) is 9.10. The Labute approximate surface area is 221 Å². The average Bonchev–Trinajstić information content (AvgIpc) is 2.92. The zero-order chi connectivity index (χ0) is 25.5. The standard InChI is InChI=1S/C30H41N3O4/c1-32-11-7-27(8-12-32)31-30(34)25-5-6-29-26(21-25)20-23-3-2-4-24(19-23)22-33(13-16-36-17-18-37-29)28-9-14-35-15-10-28/h2-6,19,21,27-28H,7-18,20,22H2,1H3,(H,31,34). The van der Waals surface area contributed by atoms with Crippen LogP contribution in [0.1, 0.15) is 52.7 Å². The molecule has 37 heavy (non-hydrogen) atoms. The van der Waals surface area contributed by atoms with Gasteiger partial charge in [-0.25, -0.2) is 0 Å². The van der Waals surface area contributed by atoms with Crippen LogP contribution >= 0.6 is 0 Å². The van der Waals surface area contributed by atoms with Gasteiger partial charge in [0.1, 0.15) is 12.4 Å². The van der Waals surface area contributed by atoms with Crippen LogP contribution in [-0.2, 0) is 22.4 Å². The highest BCUT2D eigenvalue weighted by molar-refractivity contribution is 5.94. The Morgan fingerprint density at radius 2 is 1.65 bits per heavy atom. The molecule has 0 aromatic heterocycles. The van der Waals surface area contributed by atoms with Gasteiger partial charge in [0.05, 0.1) is 13.2 Å². The van der Waals surface area contributed by atoms with Gasteiger partial charge >= 0.3 is 0 Å². The molecule has 2 aromatic carbocycles. The SMILES string of the molecule is CN1CCC(NC(=O)c2ccc3c(c2)Cc2cccc(c2)CN(C2CCOCC2)CCOCCO3)CC1. The maximum Gasteiger partial charge on any atom is 0.251 e. The Balaban J connectivity index is 1.34. The number of rotatable bonds is 3. The van der Waals surface area contributed by atoms with Gasteiger partial charge in [0, 0.05) is 50.4 Å². The van der Waals surface area contributed by atoms with Crippen molar-refractivity contribution in [2.45, 2.75) is 50.7 Å². The van der Waals surface area contributed by atoms with E-state index in [1.165, 1.54) is 11.1 Å². The summed E-state index contributed by atoms with van der Waals surface area (Å²) in [7, 11) is 2.13. The van der Waals surface area contributed by atoms with Crippen molar-refractivity contribution < 1.29 is 19.0 Å². The molecule has 2 bridgehead atoms. The maximum atomic E-state index is 13.1. The van der Waals surface area contributed by atoms with Gasteiger partial charge < -0.3 is 24.4 Å².